The molecule has 1 atom stereocenters. The van der Waals surface area contributed by atoms with E-state index in [1.165, 1.54) is 0 Å². The molecule has 0 aliphatic rings. The Morgan fingerprint density at radius 2 is 2.14 bits per heavy atom. The third-order valence-electron chi connectivity index (χ3n) is 3.46. The summed E-state index contributed by atoms with van der Waals surface area (Å²) < 4.78 is 5.41. The van der Waals surface area contributed by atoms with Crippen LogP contribution < -0.4 is 10.1 Å². The van der Waals surface area contributed by atoms with E-state index in [2.05, 4.69) is 36.5 Å². The predicted octanol–water partition coefficient (Wildman–Crippen LogP) is 3.35. The molecule has 0 radical (unpaired) electrons. The molecule has 0 aliphatic heterocycles. The zero-order valence-electron chi connectivity index (χ0n) is 13.3. The maximum absolute atomic E-state index is 5.41. The monoisotopic (exact) mass is 305 g/mol. The average molecular weight is 305 g/mol. The number of likely N-dealkylation sites (N-methyl/N-ethyl adjacent to an activating group) is 1. The second-order valence-electron chi connectivity index (χ2n) is 6.04. The van der Waals surface area contributed by atoms with E-state index >= 15 is 0 Å². The molecule has 0 saturated heterocycles. The van der Waals surface area contributed by atoms with Gasteiger partial charge in [0.1, 0.15) is 5.75 Å². The van der Waals surface area contributed by atoms with Crippen LogP contribution in [0.3, 0.4) is 0 Å². The first-order valence-electron chi connectivity index (χ1n) is 7.05. The van der Waals surface area contributed by atoms with Crippen LogP contribution in [0.4, 0.5) is 0 Å². The van der Waals surface area contributed by atoms with Crippen LogP contribution in [0.5, 0.6) is 5.75 Å². The summed E-state index contributed by atoms with van der Waals surface area (Å²) in [6.45, 7) is 6.56. The number of rotatable bonds is 5. The lowest BCUT2D eigenvalue weighted by atomic mass is 9.93. The van der Waals surface area contributed by atoms with Crippen molar-refractivity contribution in [3.63, 3.8) is 0 Å². The number of hydrogen-bond donors (Lipinski definition) is 1. The second-order valence-corrected chi connectivity index (χ2v) is 6.98. The molecule has 2 aromatic rings. The van der Waals surface area contributed by atoms with Crippen LogP contribution in [0, 0.1) is 0 Å². The molecular formula is C16H23N3OS. The molecule has 0 spiro atoms. The van der Waals surface area contributed by atoms with Crippen molar-refractivity contribution in [1.82, 2.24) is 15.3 Å². The molecule has 0 saturated carbocycles. The highest BCUT2D eigenvalue weighted by molar-refractivity contribution is 7.09. The molecule has 1 unspecified atom stereocenters. The van der Waals surface area contributed by atoms with Gasteiger partial charge in [-0.3, -0.25) is 4.98 Å². The smallest absolute Gasteiger partial charge is 0.141 e. The van der Waals surface area contributed by atoms with Gasteiger partial charge in [0.15, 0.2) is 0 Å². The van der Waals surface area contributed by atoms with E-state index in [1.54, 1.807) is 30.8 Å². The summed E-state index contributed by atoms with van der Waals surface area (Å²) in [6.07, 6.45) is 4.39. The molecule has 21 heavy (non-hydrogen) atoms. The summed E-state index contributed by atoms with van der Waals surface area (Å²) in [5, 5.41) is 6.64. The summed E-state index contributed by atoms with van der Waals surface area (Å²) in [4.78, 5) is 8.88. The van der Waals surface area contributed by atoms with Crippen molar-refractivity contribution in [2.24, 2.45) is 0 Å². The number of methoxy groups -OCH3 is 1. The summed E-state index contributed by atoms with van der Waals surface area (Å²) in [7, 11) is 3.64. The van der Waals surface area contributed by atoms with Crippen LogP contribution in [0.2, 0.25) is 0 Å². The molecule has 2 heterocycles. The molecule has 5 heteroatoms. The number of nitrogens with one attached hydrogen (secondary N) is 1. The van der Waals surface area contributed by atoms with Gasteiger partial charge in [-0.25, -0.2) is 4.98 Å². The lowest BCUT2D eigenvalue weighted by molar-refractivity contribution is 0.399. The van der Waals surface area contributed by atoms with Gasteiger partial charge in [-0.15, -0.1) is 11.3 Å². The number of pyridine rings is 1. The fraction of sp³-hybridized carbons (Fsp3) is 0.500. The molecule has 0 amide bonds. The Balaban J connectivity index is 2.21. The van der Waals surface area contributed by atoms with Crippen molar-refractivity contribution >= 4 is 11.3 Å². The van der Waals surface area contributed by atoms with Gasteiger partial charge in [-0.1, -0.05) is 20.8 Å². The van der Waals surface area contributed by atoms with E-state index in [1.807, 2.05) is 13.1 Å². The molecule has 0 aliphatic carbocycles. The van der Waals surface area contributed by atoms with Crippen molar-refractivity contribution in [1.29, 1.82) is 0 Å². The second kappa shape index (κ2) is 6.54. The standard InChI is InChI=1S/C16H23N3OS/c1-16(2,3)14-10-21-15(19-14)8-12(17-4)11-6-7-18-9-13(11)20-5/h6-7,9-10,12,17H,8H2,1-5H3. The van der Waals surface area contributed by atoms with Crippen molar-refractivity contribution in [2.45, 2.75) is 38.6 Å². The van der Waals surface area contributed by atoms with Gasteiger partial charge in [-0.2, -0.15) is 0 Å². The summed E-state index contributed by atoms with van der Waals surface area (Å²) in [6, 6.07) is 2.17. The van der Waals surface area contributed by atoms with Crippen molar-refractivity contribution in [2.75, 3.05) is 14.2 Å². The van der Waals surface area contributed by atoms with Gasteiger partial charge >= 0.3 is 0 Å². The Kier molecular flexibility index (Phi) is 4.96. The Labute approximate surface area is 130 Å². The molecule has 0 bridgehead atoms. The van der Waals surface area contributed by atoms with Crippen molar-refractivity contribution in [3.05, 3.63) is 40.1 Å². The van der Waals surface area contributed by atoms with Crippen LogP contribution in [-0.4, -0.2) is 24.1 Å². The first-order chi connectivity index (χ1) is 9.95. The zero-order chi connectivity index (χ0) is 15.5. The highest BCUT2D eigenvalue weighted by Crippen LogP contribution is 2.29. The maximum Gasteiger partial charge on any atom is 0.141 e. The molecule has 2 rings (SSSR count). The largest absolute Gasteiger partial charge is 0.495 e. The first-order valence-corrected chi connectivity index (χ1v) is 7.93. The fourth-order valence-electron chi connectivity index (χ4n) is 2.14. The van der Waals surface area contributed by atoms with Gasteiger partial charge in [0, 0.05) is 35.0 Å². The molecule has 114 valence electrons. The van der Waals surface area contributed by atoms with E-state index in [9.17, 15) is 0 Å². The van der Waals surface area contributed by atoms with E-state index in [0.29, 0.717) is 0 Å². The lowest BCUT2D eigenvalue weighted by Gasteiger charge is -2.18. The highest BCUT2D eigenvalue weighted by atomic mass is 32.1. The topological polar surface area (TPSA) is 47.0 Å². The van der Waals surface area contributed by atoms with E-state index in [0.717, 1.165) is 28.4 Å². The zero-order valence-corrected chi connectivity index (χ0v) is 14.1. The number of ether oxygens (including phenoxy) is 1. The minimum atomic E-state index is 0.0955. The number of nitrogens with zero attached hydrogens (tertiary/aromatic N) is 2. The molecule has 0 aromatic carbocycles. The number of aromatic nitrogens is 2. The third-order valence-corrected chi connectivity index (χ3v) is 4.33. The van der Waals surface area contributed by atoms with Gasteiger partial charge in [0.2, 0.25) is 0 Å². The van der Waals surface area contributed by atoms with Crippen LogP contribution in [0.25, 0.3) is 0 Å². The molecule has 2 aromatic heterocycles. The Hall–Kier alpha value is -1.46. The van der Waals surface area contributed by atoms with E-state index in [4.69, 9.17) is 9.72 Å². The van der Waals surface area contributed by atoms with Gasteiger partial charge in [0.05, 0.1) is 24.0 Å². The Bertz CT molecular complexity index is 589. The normalized spacial score (nSPS) is 13.2. The third kappa shape index (κ3) is 3.80. The Morgan fingerprint density at radius 3 is 2.71 bits per heavy atom. The van der Waals surface area contributed by atoms with Crippen LogP contribution in [-0.2, 0) is 11.8 Å². The first kappa shape index (κ1) is 15.9. The van der Waals surface area contributed by atoms with E-state index in [-0.39, 0.29) is 11.5 Å². The molecule has 4 nitrogen and oxygen atoms in total. The lowest BCUT2D eigenvalue weighted by Crippen LogP contribution is -2.20. The Morgan fingerprint density at radius 1 is 1.38 bits per heavy atom. The molecule has 0 fully saturated rings. The molecular weight excluding hydrogens is 282 g/mol. The van der Waals surface area contributed by atoms with Crippen LogP contribution >= 0.6 is 11.3 Å². The number of thiazole rings is 1. The van der Waals surface area contributed by atoms with Crippen molar-refractivity contribution in [3.8, 4) is 5.75 Å². The summed E-state index contributed by atoms with van der Waals surface area (Å²) >= 11 is 1.72. The number of hydrogen-bond acceptors (Lipinski definition) is 5. The van der Waals surface area contributed by atoms with Gasteiger partial charge in [0.25, 0.3) is 0 Å². The highest BCUT2D eigenvalue weighted by Gasteiger charge is 2.20. The average Bonchev–Trinajstić information content (AvgIpc) is 2.93. The summed E-state index contributed by atoms with van der Waals surface area (Å²) in [5.41, 5.74) is 2.36. The minimum Gasteiger partial charge on any atom is -0.495 e. The fourth-order valence-corrected chi connectivity index (χ4v) is 3.21. The van der Waals surface area contributed by atoms with Crippen LogP contribution in [0.15, 0.2) is 23.8 Å². The van der Waals surface area contributed by atoms with Gasteiger partial charge < -0.3 is 10.1 Å². The van der Waals surface area contributed by atoms with Crippen LogP contribution in [0.1, 0.15) is 43.1 Å². The quantitative estimate of drug-likeness (QED) is 0.920. The van der Waals surface area contributed by atoms with E-state index < -0.39 is 0 Å². The van der Waals surface area contributed by atoms with Gasteiger partial charge in [-0.05, 0) is 13.1 Å². The summed E-state index contributed by atoms with van der Waals surface area (Å²) in [5.74, 6) is 0.810. The SMILES string of the molecule is CNC(Cc1nc(C(C)(C)C)cs1)c1ccncc1OC. The molecule has 1 N–H and O–H groups in total. The maximum atomic E-state index is 5.41. The van der Waals surface area contributed by atoms with Crippen molar-refractivity contribution < 1.29 is 4.74 Å². The minimum absolute atomic E-state index is 0.0955. The predicted molar refractivity (Wildman–Crippen MR) is 87.1 cm³/mol.